The van der Waals surface area contributed by atoms with Crippen LogP contribution in [0.2, 0.25) is 5.02 Å². The van der Waals surface area contributed by atoms with Crippen molar-refractivity contribution in [1.29, 1.82) is 0 Å². The van der Waals surface area contributed by atoms with Gasteiger partial charge in [0, 0.05) is 11.6 Å². The first-order chi connectivity index (χ1) is 10.4. The van der Waals surface area contributed by atoms with Gasteiger partial charge in [-0.2, -0.15) is 0 Å². The fourth-order valence-corrected chi connectivity index (χ4v) is 2.04. The average Bonchev–Trinajstić information content (AvgIpc) is 2.44. The summed E-state index contributed by atoms with van der Waals surface area (Å²) in [6.45, 7) is 0.250. The van der Waals surface area contributed by atoms with E-state index in [1.807, 2.05) is 0 Å². The van der Waals surface area contributed by atoms with Crippen molar-refractivity contribution in [3.63, 3.8) is 0 Å². The Bertz CT molecular complexity index is 647. The Morgan fingerprint density at radius 1 is 1.00 bits per heavy atom. The summed E-state index contributed by atoms with van der Waals surface area (Å²) in [7, 11) is 0. The van der Waals surface area contributed by atoms with Crippen molar-refractivity contribution in [1.82, 2.24) is 0 Å². The summed E-state index contributed by atoms with van der Waals surface area (Å²) in [5.74, 6) is -0.438. The van der Waals surface area contributed by atoms with E-state index in [1.165, 1.54) is 18.2 Å². The zero-order valence-electron chi connectivity index (χ0n) is 11.4. The minimum absolute atomic E-state index is 0.0275. The van der Waals surface area contributed by atoms with E-state index in [0.717, 1.165) is 5.56 Å². The van der Waals surface area contributed by atoms with E-state index in [4.69, 9.17) is 22.1 Å². The smallest absolute Gasteiger partial charge is 0.488 e. The fraction of sp³-hybridized carbons (Fsp3) is 0.200. The second-order valence-electron chi connectivity index (χ2n) is 4.36. The van der Waals surface area contributed by atoms with Gasteiger partial charge in [0.1, 0.15) is 6.61 Å². The van der Waals surface area contributed by atoms with Gasteiger partial charge in [0.2, 0.25) is 0 Å². The molecule has 0 amide bonds. The molecule has 0 unspecified atom stereocenters. The molecule has 118 valence electrons. The van der Waals surface area contributed by atoms with Crippen molar-refractivity contribution >= 4 is 11.6 Å². The van der Waals surface area contributed by atoms with Crippen LogP contribution in [-0.2, 0) is 0 Å². The summed E-state index contributed by atoms with van der Waals surface area (Å²) in [6.07, 6.45) is -4.79. The third kappa shape index (κ3) is 4.54. The highest BCUT2D eigenvalue weighted by atomic mass is 35.5. The molecule has 0 fully saturated rings. The standard InChI is InChI=1S/C15H13ClF3NO2/c16-12-3-1-2-10(8-12)11-4-5-13(22-15(17,18)19)14(9-11)21-7-6-20/h1-5,8-9H,6-7,20H2. The van der Waals surface area contributed by atoms with Crippen LogP contribution in [0, 0.1) is 0 Å². The molecule has 0 aliphatic carbocycles. The van der Waals surface area contributed by atoms with Crippen molar-refractivity contribution < 1.29 is 22.6 Å². The Balaban J connectivity index is 2.38. The van der Waals surface area contributed by atoms with E-state index >= 15 is 0 Å². The predicted octanol–water partition coefficient (Wildman–Crippen LogP) is 4.24. The quantitative estimate of drug-likeness (QED) is 0.891. The molecule has 0 bridgehead atoms. The minimum Gasteiger partial charge on any atom is -0.488 e. The highest BCUT2D eigenvalue weighted by Gasteiger charge is 2.32. The van der Waals surface area contributed by atoms with Gasteiger partial charge in [-0.25, -0.2) is 0 Å². The molecule has 2 aromatic rings. The second kappa shape index (κ2) is 6.89. The molecule has 0 aromatic heterocycles. The van der Waals surface area contributed by atoms with Gasteiger partial charge in [-0.1, -0.05) is 29.8 Å². The lowest BCUT2D eigenvalue weighted by atomic mass is 10.1. The molecule has 2 rings (SSSR count). The van der Waals surface area contributed by atoms with Gasteiger partial charge in [-0.15, -0.1) is 13.2 Å². The molecule has 0 heterocycles. The van der Waals surface area contributed by atoms with E-state index in [9.17, 15) is 13.2 Å². The van der Waals surface area contributed by atoms with Gasteiger partial charge in [0.05, 0.1) is 0 Å². The summed E-state index contributed by atoms with van der Waals surface area (Å²) in [5.41, 5.74) is 6.73. The van der Waals surface area contributed by atoms with Gasteiger partial charge in [-0.3, -0.25) is 0 Å². The summed E-state index contributed by atoms with van der Waals surface area (Å²) in [4.78, 5) is 0. The van der Waals surface area contributed by atoms with E-state index < -0.39 is 12.1 Å². The van der Waals surface area contributed by atoms with E-state index in [2.05, 4.69) is 4.74 Å². The number of rotatable bonds is 5. The predicted molar refractivity (Wildman–Crippen MR) is 78.1 cm³/mol. The van der Waals surface area contributed by atoms with E-state index in [0.29, 0.717) is 10.6 Å². The van der Waals surface area contributed by atoms with Gasteiger partial charge >= 0.3 is 6.36 Å². The maximum Gasteiger partial charge on any atom is 0.573 e. The van der Waals surface area contributed by atoms with Crippen LogP contribution in [0.15, 0.2) is 42.5 Å². The number of ether oxygens (including phenoxy) is 2. The highest BCUT2D eigenvalue weighted by molar-refractivity contribution is 6.30. The van der Waals surface area contributed by atoms with Crippen LogP contribution in [0.1, 0.15) is 0 Å². The Morgan fingerprint density at radius 3 is 2.36 bits per heavy atom. The first-order valence-electron chi connectivity index (χ1n) is 6.37. The van der Waals surface area contributed by atoms with Gasteiger partial charge < -0.3 is 15.2 Å². The number of benzene rings is 2. The van der Waals surface area contributed by atoms with E-state index in [1.54, 1.807) is 24.3 Å². The van der Waals surface area contributed by atoms with Gasteiger partial charge in [0.25, 0.3) is 0 Å². The number of hydrogen-bond acceptors (Lipinski definition) is 3. The van der Waals surface area contributed by atoms with Crippen molar-refractivity contribution in [2.45, 2.75) is 6.36 Å². The molecule has 7 heteroatoms. The molecule has 0 atom stereocenters. The van der Waals surface area contributed by atoms with Gasteiger partial charge in [-0.05, 0) is 35.4 Å². The zero-order chi connectivity index (χ0) is 16.2. The largest absolute Gasteiger partial charge is 0.573 e. The van der Waals surface area contributed by atoms with E-state index in [-0.39, 0.29) is 18.9 Å². The Morgan fingerprint density at radius 2 is 1.73 bits per heavy atom. The topological polar surface area (TPSA) is 44.5 Å². The molecule has 0 radical (unpaired) electrons. The monoisotopic (exact) mass is 331 g/mol. The first-order valence-corrected chi connectivity index (χ1v) is 6.75. The molecule has 0 saturated carbocycles. The second-order valence-corrected chi connectivity index (χ2v) is 4.79. The van der Waals surface area contributed by atoms with Crippen LogP contribution >= 0.6 is 11.6 Å². The maximum absolute atomic E-state index is 12.4. The lowest BCUT2D eigenvalue weighted by molar-refractivity contribution is -0.275. The molecule has 2 aromatic carbocycles. The number of nitrogens with two attached hydrogens (primary N) is 1. The van der Waals surface area contributed by atoms with Crippen LogP contribution in [-0.4, -0.2) is 19.5 Å². The van der Waals surface area contributed by atoms with Crippen molar-refractivity contribution in [2.24, 2.45) is 5.73 Å². The minimum atomic E-state index is -4.79. The summed E-state index contributed by atoms with van der Waals surface area (Å²) < 4.78 is 46.4. The van der Waals surface area contributed by atoms with Crippen molar-refractivity contribution in [3.05, 3.63) is 47.5 Å². The molecular weight excluding hydrogens is 319 g/mol. The Hall–Kier alpha value is -1.92. The number of alkyl halides is 3. The molecule has 22 heavy (non-hydrogen) atoms. The lowest BCUT2D eigenvalue weighted by Gasteiger charge is -2.15. The van der Waals surface area contributed by atoms with Crippen LogP contribution in [0.4, 0.5) is 13.2 Å². The molecule has 0 saturated heterocycles. The van der Waals surface area contributed by atoms with Crippen molar-refractivity contribution in [3.8, 4) is 22.6 Å². The van der Waals surface area contributed by atoms with Crippen LogP contribution in [0.25, 0.3) is 11.1 Å². The molecular formula is C15H13ClF3NO2. The van der Waals surface area contributed by atoms with Crippen molar-refractivity contribution in [2.75, 3.05) is 13.2 Å². The lowest BCUT2D eigenvalue weighted by Crippen LogP contribution is -2.18. The summed E-state index contributed by atoms with van der Waals surface area (Å²) in [6, 6.07) is 11.1. The number of hydrogen-bond donors (Lipinski definition) is 1. The average molecular weight is 332 g/mol. The summed E-state index contributed by atoms with van der Waals surface area (Å²) in [5, 5.41) is 0.526. The Labute approximate surface area is 130 Å². The molecule has 3 nitrogen and oxygen atoms in total. The molecule has 0 aliphatic heterocycles. The molecule has 0 spiro atoms. The highest BCUT2D eigenvalue weighted by Crippen LogP contribution is 2.36. The first kappa shape index (κ1) is 16.5. The molecule has 2 N–H and O–H groups in total. The zero-order valence-corrected chi connectivity index (χ0v) is 12.1. The van der Waals surface area contributed by atoms with Crippen LogP contribution in [0.5, 0.6) is 11.5 Å². The summed E-state index contributed by atoms with van der Waals surface area (Å²) >= 11 is 5.92. The normalized spacial score (nSPS) is 11.3. The Kier molecular flexibility index (Phi) is 5.15. The fourth-order valence-electron chi connectivity index (χ4n) is 1.85. The SMILES string of the molecule is NCCOc1cc(-c2cccc(Cl)c2)ccc1OC(F)(F)F. The third-order valence-electron chi connectivity index (χ3n) is 2.70. The van der Waals surface area contributed by atoms with Crippen LogP contribution in [0.3, 0.4) is 0 Å². The van der Waals surface area contributed by atoms with Gasteiger partial charge in [0.15, 0.2) is 11.5 Å². The van der Waals surface area contributed by atoms with Crippen LogP contribution < -0.4 is 15.2 Å². The molecule has 0 aliphatic rings. The number of halogens is 4. The third-order valence-corrected chi connectivity index (χ3v) is 2.94. The maximum atomic E-state index is 12.4.